The number of benzene rings is 8. The van der Waals surface area contributed by atoms with Crippen LogP contribution in [0.4, 0.5) is 17.1 Å². The summed E-state index contributed by atoms with van der Waals surface area (Å²) in [7, 11) is 0. The number of hydrogen-bond donors (Lipinski definition) is 0. The minimum atomic E-state index is -0.145. The highest BCUT2D eigenvalue weighted by Crippen LogP contribution is 2.56. The van der Waals surface area contributed by atoms with Crippen molar-refractivity contribution in [3.05, 3.63) is 204 Å². The van der Waals surface area contributed by atoms with Crippen molar-refractivity contribution in [2.75, 3.05) is 4.90 Å². The highest BCUT2D eigenvalue weighted by atomic mass is 15.2. The predicted octanol–water partition coefficient (Wildman–Crippen LogP) is 14.5. The first-order chi connectivity index (χ1) is 27.3. The lowest BCUT2D eigenvalue weighted by Gasteiger charge is -2.32. The number of hydrogen-bond acceptors (Lipinski definition) is 1. The molecule has 11 rings (SSSR count). The summed E-state index contributed by atoms with van der Waals surface area (Å²) < 4.78 is 2.44. The molecule has 0 aliphatic heterocycles. The molecular weight excluding hydrogens is 677 g/mol. The van der Waals surface area contributed by atoms with E-state index in [0.29, 0.717) is 0 Å². The Morgan fingerprint density at radius 2 is 0.946 bits per heavy atom. The first kappa shape index (κ1) is 32.8. The summed E-state index contributed by atoms with van der Waals surface area (Å²) in [6.45, 7) is 9.50. The largest absolute Gasteiger partial charge is 0.309 e. The third-order valence-corrected chi connectivity index (χ3v) is 12.8. The molecule has 0 N–H and O–H groups in total. The zero-order valence-corrected chi connectivity index (χ0v) is 32.2. The van der Waals surface area contributed by atoms with E-state index in [1.54, 1.807) is 0 Å². The van der Waals surface area contributed by atoms with E-state index >= 15 is 0 Å². The summed E-state index contributed by atoms with van der Waals surface area (Å²) in [5.41, 5.74) is 19.8. The van der Waals surface area contributed by atoms with Gasteiger partial charge < -0.3 is 9.47 Å². The van der Waals surface area contributed by atoms with E-state index in [1.165, 1.54) is 83.1 Å². The van der Waals surface area contributed by atoms with E-state index in [-0.39, 0.29) is 10.8 Å². The van der Waals surface area contributed by atoms with Crippen LogP contribution in [0, 0.1) is 0 Å². The predicted molar refractivity (Wildman–Crippen MR) is 236 cm³/mol. The Labute approximate surface area is 328 Å². The fraction of sp³-hybridized carbons (Fsp3) is 0.111. The molecule has 0 bridgehead atoms. The molecule has 0 saturated carbocycles. The molecule has 0 fully saturated rings. The van der Waals surface area contributed by atoms with Gasteiger partial charge in [-0.15, -0.1) is 0 Å². The second kappa shape index (κ2) is 11.9. The van der Waals surface area contributed by atoms with Gasteiger partial charge in [0, 0.05) is 44.1 Å². The van der Waals surface area contributed by atoms with Gasteiger partial charge in [0.25, 0.3) is 0 Å². The van der Waals surface area contributed by atoms with Gasteiger partial charge in [0.1, 0.15) is 0 Å². The van der Waals surface area contributed by atoms with Gasteiger partial charge in [0.2, 0.25) is 0 Å². The van der Waals surface area contributed by atoms with Gasteiger partial charge in [-0.1, -0.05) is 167 Å². The van der Waals surface area contributed by atoms with Crippen LogP contribution in [-0.2, 0) is 10.8 Å². The van der Waals surface area contributed by atoms with E-state index in [2.05, 4.69) is 219 Å². The standard InChI is InChI=1S/C54H42N2/c1-53(2)45-24-13-9-22-43(45)52-46(53)25-16-28-50(52)56(36-30-32-40-39-19-8-12-23-44(39)54(3,4)47(40)33-36)51-34-37(29-31-38(51)35-17-6-5-7-18-35)55-48-26-14-10-20-41(48)42-21-11-15-27-49(42)55/h5-34H,1-4H3. The Kier molecular flexibility index (Phi) is 6.98. The first-order valence-electron chi connectivity index (χ1n) is 19.8. The van der Waals surface area contributed by atoms with Crippen molar-refractivity contribution in [3.8, 4) is 39.1 Å². The van der Waals surface area contributed by atoms with E-state index in [4.69, 9.17) is 0 Å². The number of anilines is 3. The van der Waals surface area contributed by atoms with E-state index in [0.717, 1.165) is 17.1 Å². The fourth-order valence-electron chi connectivity index (χ4n) is 10.1. The molecule has 56 heavy (non-hydrogen) atoms. The summed E-state index contributed by atoms with van der Waals surface area (Å²) in [5, 5.41) is 2.52. The van der Waals surface area contributed by atoms with Crippen LogP contribution < -0.4 is 4.90 Å². The van der Waals surface area contributed by atoms with Crippen LogP contribution in [0.2, 0.25) is 0 Å². The molecule has 2 aliphatic carbocycles. The van der Waals surface area contributed by atoms with Gasteiger partial charge in [0.05, 0.1) is 22.4 Å². The van der Waals surface area contributed by atoms with Crippen LogP contribution in [0.3, 0.4) is 0 Å². The third kappa shape index (κ3) is 4.56. The second-order valence-electron chi connectivity index (χ2n) is 16.5. The molecule has 1 aromatic heterocycles. The highest BCUT2D eigenvalue weighted by Gasteiger charge is 2.39. The van der Waals surface area contributed by atoms with Crippen molar-refractivity contribution in [2.45, 2.75) is 38.5 Å². The zero-order valence-electron chi connectivity index (χ0n) is 32.2. The summed E-state index contributed by atoms with van der Waals surface area (Å²) in [4.78, 5) is 2.57. The number of aromatic nitrogens is 1. The molecule has 2 nitrogen and oxygen atoms in total. The van der Waals surface area contributed by atoms with Crippen molar-refractivity contribution in [1.29, 1.82) is 0 Å². The molecule has 2 heteroatoms. The lowest BCUT2D eigenvalue weighted by molar-refractivity contribution is 0.660. The lowest BCUT2D eigenvalue weighted by Crippen LogP contribution is -2.18. The third-order valence-electron chi connectivity index (χ3n) is 12.8. The van der Waals surface area contributed by atoms with E-state index in [9.17, 15) is 0 Å². The maximum atomic E-state index is 2.57. The minimum Gasteiger partial charge on any atom is -0.309 e. The average molecular weight is 719 g/mol. The molecule has 0 saturated heterocycles. The molecule has 0 amide bonds. The Morgan fingerprint density at radius 1 is 0.393 bits per heavy atom. The normalized spacial score (nSPS) is 14.4. The van der Waals surface area contributed by atoms with Gasteiger partial charge in [0.15, 0.2) is 0 Å². The van der Waals surface area contributed by atoms with Gasteiger partial charge in [-0.3, -0.25) is 0 Å². The summed E-state index contributed by atoms with van der Waals surface area (Å²) in [5.74, 6) is 0. The van der Waals surface area contributed by atoms with Crippen molar-refractivity contribution >= 4 is 38.9 Å². The number of rotatable bonds is 5. The Morgan fingerprint density at radius 3 is 1.68 bits per heavy atom. The van der Waals surface area contributed by atoms with Gasteiger partial charge in [-0.2, -0.15) is 0 Å². The minimum absolute atomic E-state index is 0.137. The second-order valence-corrected chi connectivity index (χ2v) is 16.5. The van der Waals surface area contributed by atoms with Crippen LogP contribution >= 0.6 is 0 Å². The Balaban J connectivity index is 1.25. The molecule has 2 aliphatic rings. The first-order valence-corrected chi connectivity index (χ1v) is 19.8. The van der Waals surface area contributed by atoms with Crippen LogP contribution in [0.1, 0.15) is 49.9 Å². The molecule has 1 heterocycles. The van der Waals surface area contributed by atoms with Crippen LogP contribution in [0.25, 0.3) is 60.9 Å². The van der Waals surface area contributed by atoms with Crippen LogP contribution in [-0.4, -0.2) is 4.57 Å². The maximum absolute atomic E-state index is 2.57. The monoisotopic (exact) mass is 718 g/mol. The SMILES string of the molecule is CC1(C)c2ccccc2-c2ccc(N(c3cc(-n4c5ccccc5c5ccccc54)ccc3-c3ccccc3)c3cccc4c3-c3ccccc3C4(C)C)cc21. The van der Waals surface area contributed by atoms with Crippen molar-refractivity contribution in [3.63, 3.8) is 0 Å². The highest BCUT2D eigenvalue weighted by molar-refractivity contribution is 6.09. The molecule has 0 unspecified atom stereocenters. The summed E-state index contributed by atoms with van der Waals surface area (Å²) in [6, 6.07) is 67.7. The van der Waals surface area contributed by atoms with Crippen molar-refractivity contribution < 1.29 is 0 Å². The summed E-state index contributed by atoms with van der Waals surface area (Å²) >= 11 is 0. The maximum Gasteiger partial charge on any atom is 0.0561 e. The molecule has 9 aromatic rings. The zero-order chi connectivity index (χ0) is 37.8. The molecule has 0 radical (unpaired) electrons. The molecule has 268 valence electrons. The fourth-order valence-corrected chi connectivity index (χ4v) is 10.1. The van der Waals surface area contributed by atoms with Crippen molar-refractivity contribution in [2.24, 2.45) is 0 Å². The van der Waals surface area contributed by atoms with E-state index in [1.807, 2.05) is 0 Å². The van der Waals surface area contributed by atoms with Crippen molar-refractivity contribution in [1.82, 2.24) is 4.57 Å². The number of fused-ring (bicyclic) bond motifs is 9. The Hall–Kier alpha value is -6.64. The summed E-state index contributed by atoms with van der Waals surface area (Å²) in [6.07, 6.45) is 0. The number of para-hydroxylation sites is 2. The van der Waals surface area contributed by atoms with Crippen LogP contribution in [0.5, 0.6) is 0 Å². The average Bonchev–Trinajstić information content (AvgIpc) is 3.79. The van der Waals surface area contributed by atoms with E-state index < -0.39 is 0 Å². The quantitative estimate of drug-likeness (QED) is 0.172. The van der Waals surface area contributed by atoms with Gasteiger partial charge in [-0.25, -0.2) is 0 Å². The number of nitrogens with zero attached hydrogens (tertiary/aromatic N) is 2. The van der Waals surface area contributed by atoms with Gasteiger partial charge >= 0.3 is 0 Å². The topological polar surface area (TPSA) is 8.17 Å². The van der Waals surface area contributed by atoms with Crippen LogP contribution in [0.15, 0.2) is 182 Å². The smallest absolute Gasteiger partial charge is 0.0561 e. The molecule has 8 aromatic carbocycles. The Bertz CT molecular complexity index is 2980. The molecule has 0 atom stereocenters. The van der Waals surface area contributed by atoms with Gasteiger partial charge in [-0.05, 0) is 87.0 Å². The molecule has 0 spiro atoms. The lowest BCUT2D eigenvalue weighted by atomic mass is 9.82. The molecular formula is C54H42N2.